The van der Waals surface area contributed by atoms with Crippen LogP contribution in [0.3, 0.4) is 0 Å². The van der Waals surface area contributed by atoms with Gasteiger partial charge in [-0.2, -0.15) is 0 Å². The summed E-state index contributed by atoms with van der Waals surface area (Å²) < 4.78 is 5.42. The van der Waals surface area contributed by atoms with Gasteiger partial charge < -0.3 is 20.5 Å². The Balaban J connectivity index is 1.58. The first-order chi connectivity index (χ1) is 14.5. The maximum atomic E-state index is 10.9. The lowest BCUT2D eigenvalue weighted by Gasteiger charge is -2.48. The SMILES string of the molecule is CCNC(=NCC(C)(O)CN1CCOCC1)NCC1(N2CCCCC2)CCCCC1. The number of piperidine rings is 1. The number of guanidine groups is 1. The first-order valence-corrected chi connectivity index (χ1v) is 12.3. The number of β-amino-alcohol motifs (C(OH)–C–C–N with tert-alkyl or cyclic N) is 1. The third-order valence-corrected chi connectivity index (χ3v) is 6.99. The van der Waals surface area contributed by atoms with Gasteiger partial charge in [-0.25, -0.2) is 0 Å². The van der Waals surface area contributed by atoms with Crippen molar-refractivity contribution in [3.63, 3.8) is 0 Å². The average molecular weight is 424 g/mol. The van der Waals surface area contributed by atoms with Crippen LogP contribution >= 0.6 is 0 Å². The van der Waals surface area contributed by atoms with Gasteiger partial charge in [-0.05, 0) is 52.6 Å². The Morgan fingerprint density at radius 2 is 1.67 bits per heavy atom. The maximum absolute atomic E-state index is 10.9. The van der Waals surface area contributed by atoms with Crippen molar-refractivity contribution in [3.8, 4) is 0 Å². The van der Waals surface area contributed by atoms with Gasteiger partial charge in [0.25, 0.3) is 0 Å². The summed E-state index contributed by atoms with van der Waals surface area (Å²) >= 11 is 0. The summed E-state index contributed by atoms with van der Waals surface area (Å²) in [7, 11) is 0. The van der Waals surface area contributed by atoms with Crippen LogP contribution in [0.4, 0.5) is 0 Å². The lowest BCUT2D eigenvalue weighted by atomic mass is 9.79. The molecule has 0 aromatic rings. The normalized spacial score (nSPS) is 26.2. The predicted octanol–water partition coefficient (Wildman–Crippen LogP) is 1.81. The van der Waals surface area contributed by atoms with E-state index in [9.17, 15) is 5.11 Å². The smallest absolute Gasteiger partial charge is 0.191 e. The molecule has 0 radical (unpaired) electrons. The summed E-state index contributed by atoms with van der Waals surface area (Å²) in [5, 5.41) is 18.0. The van der Waals surface area contributed by atoms with Crippen LogP contribution in [0.2, 0.25) is 0 Å². The minimum atomic E-state index is -0.838. The van der Waals surface area contributed by atoms with E-state index < -0.39 is 5.60 Å². The number of ether oxygens (including phenoxy) is 1. The number of aliphatic imine (C=N–C) groups is 1. The molecular formula is C23H45N5O2. The minimum absolute atomic E-state index is 0.269. The molecule has 0 spiro atoms. The molecule has 2 saturated heterocycles. The fourth-order valence-corrected chi connectivity index (χ4v) is 5.31. The van der Waals surface area contributed by atoms with Crippen molar-refractivity contribution in [3.05, 3.63) is 0 Å². The molecule has 3 N–H and O–H groups in total. The van der Waals surface area contributed by atoms with Crippen molar-refractivity contribution in [2.24, 2.45) is 4.99 Å². The minimum Gasteiger partial charge on any atom is -0.387 e. The van der Waals surface area contributed by atoms with E-state index in [0.29, 0.717) is 13.1 Å². The molecule has 0 amide bonds. The molecule has 2 aliphatic heterocycles. The quantitative estimate of drug-likeness (QED) is 0.409. The Morgan fingerprint density at radius 1 is 1.00 bits per heavy atom. The van der Waals surface area contributed by atoms with E-state index in [1.807, 2.05) is 6.92 Å². The molecule has 1 unspecified atom stereocenters. The highest BCUT2D eigenvalue weighted by molar-refractivity contribution is 5.79. The van der Waals surface area contributed by atoms with E-state index in [0.717, 1.165) is 45.4 Å². The molecule has 174 valence electrons. The summed E-state index contributed by atoms with van der Waals surface area (Å²) in [6.07, 6.45) is 10.7. The number of nitrogens with zero attached hydrogens (tertiary/aromatic N) is 3. The molecule has 3 aliphatic rings. The van der Waals surface area contributed by atoms with E-state index in [1.165, 1.54) is 64.5 Å². The monoisotopic (exact) mass is 423 g/mol. The highest BCUT2D eigenvalue weighted by Crippen LogP contribution is 2.35. The molecule has 30 heavy (non-hydrogen) atoms. The summed E-state index contributed by atoms with van der Waals surface area (Å²) in [6, 6.07) is 0. The largest absolute Gasteiger partial charge is 0.387 e. The van der Waals surface area contributed by atoms with Crippen molar-refractivity contribution in [1.82, 2.24) is 20.4 Å². The summed E-state index contributed by atoms with van der Waals surface area (Å²) in [5.41, 5.74) is -0.569. The first-order valence-electron chi connectivity index (χ1n) is 12.3. The number of nitrogens with one attached hydrogen (secondary N) is 2. The standard InChI is InChI=1S/C23H45N5O2/c1-3-24-21(25-18-22(2,29)20-27-14-16-30-17-15-27)26-19-23(10-6-4-7-11-23)28-12-8-5-9-13-28/h29H,3-20H2,1-2H3,(H2,24,25,26). The van der Waals surface area contributed by atoms with Crippen molar-refractivity contribution in [1.29, 1.82) is 0 Å². The highest BCUT2D eigenvalue weighted by Gasteiger charge is 2.38. The Morgan fingerprint density at radius 3 is 2.33 bits per heavy atom. The Labute approximate surface area is 183 Å². The third kappa shape index (κ3) is 7.08. The van der Waals surface area contributed by atoms with Gasteiger partial charge in [0, 0.05) is 38.3 Å². The van der Waals surface area contributed by atoms with E-state index in [1.54, 1.807) is 0 Å². The van der Waals surface area contributed by atoms with Crippen LogP contribution in [-0.2, 0) is 4.74 Å². The highest BCUT2D eigenvalue weighted by atomic mass is 16.5. The Bertz CT molecular complexity index is 522. The van der Waals surface area contributed by atoms with Gasteiger partial charge in [0.1, 0.15) is 0 Å². The van der Waals surface area contributed by atoms with Crippen LogP contribution in [0, 0.1) is 0 Å². The number of likely N-dealkylation sites (tertiary alicyclic amines) is 1. The molecule has 7 heteroatoms. The van der Waals surface area contributed by atoms with Gasteiger partial charge in [-0.15, -0.1) is 0 Å². The van der Waals surface area contributed by atoms with E-state index in [4.69, 9.17) is 9.73 Å². The zero-order valence-electron chi connectivity index (χ0n) is 19.4. The zero-order valence-corrected chi connectivity index (χ0v) is 19.4. The van der Waals surface area contributed by atoms with Gasteiger partial charge in [-0.1, -0.05) is 25.7 Å². The molecular weight excluding hydrogens is 378 g/mol. The summed E-state index contributed by atoms with van der Waals surface area (Å²) in [6.45, 7) is 12.6. The maximum Gasteiger partial charge on any atom is 0.191 e. The van der Waals surface area contributed by atoms with Crippen LogP contribution in [-0.4, -0.2) is 97.6 Å². The molecule has 1 aliphatic carbocycles. The van der Waals surface area contributed by atoms with Gasteiger partial charge in [0.15, 0.2) is 5.96 Å². The lowest BCUT2D eigenvalue weighted by molar-refractivity contribution is -0.0180. The van der Waals surface area contributed by atoms with E-state index >= 15 is 0 Å². The molecule has 0 bridgehead atoms. The average Bonchev–Trinajstić information content (AvgIpc) is 2.77. The van der Waals surface area contributed by atoms with Crippen LogP contribution in [0.1, 0.15) is 65.2 Å². The number of hydrogen-bond acceptors (Lipinski definition) is 5. The van der Waals surface area contributed by atoms with Gasteiger partial charge in [0.05, 0.1) is 25.4 Å². The summed E-state index contributed by atoms with van der Waals surface area (Å²) in [4.78, 5) is 9.81. The molecule has 1 saturated carbocycles. The number of rotatable bonds is 8. The van der Waals surface area contributed by atoms with Crippen LogP contribution in [0.15, 0.2) is 4.99 Å². The topological polar surface area (TPSA) is 72.4 Å². The Hall–Kier alpha value is -0.890. The van der Waals surface area contributed by atoms with Crippen LogP contribution < -0.4 is 10.6 Å². The van der Waals surface area contributed by atoms with Crippen molar-refractivity contribution < 1.29 is 9.84 Å². The Kier molecular flexibility index (Phi) is 9.23. The first kappa shape index (κ1) is 23.8. The summed E-state index contributed by atoms with van der Waals surface area (Å²) in [5.74, 6) is 0.835. The molecule has 0 aromatic carbocycles. The van der Waals surface area contributed by atoms with Gasteiger partial charge in [0.2, 0.25) is 0 Å². The fraction of sp³-hybridized carbons (Fsp3) is 0.957. The second-order valence-corrected chi connectivity index (χ2v) is 9.77. The lowest BCUT2D eigenvalue weighted by Crippen LogP contribution is -2.59. The zero-order chi connectivity index (χ0) is 21.3. The van der Waals surface area contributed by atoms with Gasteiger partial charge in [-0.3, -0.25) is 14.8 Å². The number of hydrogen-bond donors (Lipinski definition) is 3. The van der Waals surface area contributed by atoms with Crippen LogP contribution in [0.5, 0.6) is 0 Å². The third-order valence-electron chi connectivity index (χ3n) is 6.99. The van der Waals surface area contributed by atoms with Crippen molar-refractivity contribution in [2.75, 3.05) is 65.6 Å². The molecule has 1 atom stereocenters. The molecule has 7 nitrogen and oxygen atoms in total. The molecule has 0 aromatic heterocycles. The molecule has 2 heterocycles. The second kappa shape index (κ2) is 11.7. The predicted molar refractivity (Wildman–Crippen MR) is 123 cm³/mol. The van der Waals surface area contributed by atoms with Crippen molar-refractivity contribution in [2.45, 2.75) is 76.4 Å². The van der Waals surface area contributed by atoms with E-state index in [-0.39, 0.29) is 5.54 Å². The number of aliphatic hydroxyl groups is 1. The second-order valence-electron chi connectivity index (χ2n) is 9.77. The molecule has 3 fully saturated rings. The van der Waals surface area contributed by atoms with E-state index in [2.05, 4.69) is 27.4 Å². The van der Waals surface area contributed by atoms with Gasteiger partial charge >= 0.3 is 0 Å². The van der Waals surface area contributed by atoms with Crippen molar-refractivity contribution >= 4 is 5.96 Å². The van der Waals surface area contributed by atoms with Crippen LogP contribution in [0.25, 0.3) is 0 Å². The number of morpholine rings is 1. The fourth-order valence-electron chi connectivity index (χ4n) is 5.31. The molecule has 3 rings (SSSR count).